The quantitative estimate of drug-likeness (QED) is 0.901. The number of hydrogen-bond donors (Lipinski definition) is 1. The van der Waals surface area contributed by atoms with E-state index in [0.29, 0.717) is 16.8 Å². The van der Waals surface area contributed by atoms with E-state index in [9.17, 15) is 13.9 Å². The lowest BCUT2D eigenvalue weighted by atomic mass is 9.97. The molecule has 0 fully saturated rings. The average Bonchev–Trinajstić information content (AvgIpc) is 2.34. The molecule has 1 aromatic carbocycles. The molecule has 0 saturated carbocycles. The maximum Gasteiger partial charge on any atom is 0.135 e. The number of aromatic nitrogens is 1. The van der Waals surface area contributed by atoms with E-state index in [1.807, 2.05) is 6.92 Å². The van der Waals surface area contributed by atoms with Gasteiger partial charge in [0.1, 0.15) is 17.7 Å². The molecule has 2 aromatic rings. The number of aliphatic hydroxyl groups excluding tert-OH is 1. The van der Waals surface area contributed by atoms with Gasteiger partial charge in [-0.2, -0.15) is 0 Å². The lowest BCUT2D eigenvalue weighted by Crippen LogP contribution is -2.09. The number of halogens is 2. The number of hydrogen-bond acceptors (Lipinski definition) is 2. The Hall–Kier alpha value is -1.81. The van der Waals surface area contributed by atoms with Gasteiger partial charge in [0.05, 0.1) is 5.56 Å². The van der Waals surface area contributed by atoms with E-state index >= 15 is 0 Å². The van der Waals surface area contributed by atoms with Crippen LogP contribution in [0.15, 0.2) is 24.3 Å². The number of aliphatic hydroxyl groups is 1. The molecule has 0 aliphatic heterocycles. The Labute approximate surface area is 110 Å². The average molecular weight is 263 g/mol. The molecule has 19 heavy (non-hydrogen) atoms. The lowest BCUT2D eigenvalue weighted by Gasteiger charge is -2.16. The first-order valence-electron chi connectivity index (χ1n) is 5.98. The van der Waals surface area contributed by atoms with E-state index in [1.54, 1.807) is 19.1 Å². The van der Waals surface area contributed by atoms with Crippen LogP contribution < -0.4 is 0 Å². The zero-order chi connectivity index (χ0) is 14.2. The van der Waals surface area contributed by atoms with Gasteiger partial charge in [0.2, 0.25) is 0 Å². The van der Waals surface area contributed by atoms with Crippen LogP contribution in [-0.2, 0) is 0 Å². The van der Waals surface area contributed by atoms with Crippen LogP contribution in [0.5, 0.6) is 0 Å². The van der Waals surface area contributed by atoms with Crippen LogP contribution >= 0.6 is 0 Å². The molecular weight excluding hydrogens is 248 g/mol. The summed E-state index contributed by atoms with van der Waals surface area (Å²) < 4.78 is 27.7. The van der Waals surface area contributed by atoms with E-state index in [-0.39, 0.29) is 5.56 Å². The summed E-state index contributed by atoms with van der Waals surface area (Å²) in [6.07, 6.45) is -1.35. The summed E-state index contributed by atoms with van der Waals surface area (Å²) in [7, 11) is 0. The van der Waals surface area contributed by atoms with Crippen molar-refractivity contribution in [2.45, 2.75) is 26.9 Å². The van der Waals surface area contributed by atoms with E-state index in [0.717, 1.165) is 11.8 Å². The first kappa shape index (κ1) is 13.6. The minimum atomic E-state index is -1.35. The van der Waals surface area contributed by atoms with Gasteiger partial charge in [-0.25, -0.2) is 8.78 Å². The molecule has 0 aliphatic rings. The Morgan fingerprint density at radius 3 is 2.37 bits per heavy atom. The zero-order valence-corrected chi connectivity index (χ0v) is 11.0. The molecule has 0 saturated heterocycles. The molecule has 2 nitrogen and oxygen atoms in total. The van der Waals surface area contributed by atoms with E-state index in [2.05, 4.69) is 4.98 Å². The molecule has 1 heterocycles. The van der Waals surface area contributed by atoms with Crippen LogP contribution in [0.3, 0.4) is 0 Å². The minimum absolute atomic E-state index is 0.299. The molecule has 0 bridgehead atoms. The number of rotatable bonds is 2. The van der Waals surface area contributed by atoms with Crippen molar-refractivity contribution in [1.29, 1.82) is 0 Å². The van der Waals surface area contributed by atoms with Gasteiger partial charge in [-0.3, -0.25) is 4.98 Å². The third kappa shape index (κ3) is 2.49. The SMILES string of the molecule is Cc1ccc(C(O)c2c(F)ccc(C)c2F)c(C)n1. The molecule has 0 amide bonds. The summed E-state index contributed by atoms with van der Waals surface area (Å²) >= 11 is 0. The molecule has 0 spiro atoms. The summed E-state index contributed by atoms with van der Waals surface area (Å²) in [5.41, 5.74) is 1.74. The summed E-state index contributed by atoms with van der Waals surface area (Å²) in [6, 6.07) is 5.86. The Bertz CT molecular complexity index is 626. The van der Waals surface area contributed by atoms with Crippen LogP contribution in [-0.4, -0.2) is 10.1 Å². The molecular formula is C15H15F2NO. The highest BCUT2D eigenvalue weighted by molar-refractivity contribution is 5.36. The number of benzene rings is 1. The Kier molecular flexibility index (Phi) is 3.62. The fourth-order valence-corrected chi connectivity index (χ4v) is 2.07. The third-order valence-corrected chi connectivity index (χ3v) is 3.15. The van der Waals surface area contributed by atoms with Crippen LogP contribution in [0, 0.1) is 32.4 Å². The topological polar surface area (TPSA) is 33.1 Å². The maximum absolute atomic E-state index is 14.0. The molecule has 4 heteroatoms. The molecule has 2 rings (SSSR count). The van der Waals surface area contributed by atoms with Crippen molar-refractivity contribution >= 4 is 0 Å². The standard InChI is InChI=1S/C15H15F2NO/c1-8-4-7-12(16)13(14(8)17)15(19)11-6-5-9(2)18-10(11)3/h4-7,15,19H,1-3H3. The smallest absolute Gasteiger partial charge is 0.135 e. The van der Waals surface area contributed by atoms with Gasteiger partial charge in [-0.05, 0) is 38.5 Å². The number of pyridine rings is 1. The highest BCUT2D eigenvalue weighted by Gasteiger charge is 2.22. The maximum atomic E-state index is 14.0. The highest BCUT2D eigenvalue weighted by atomic mass is 19.1. The Morgan fingerprint density at radius 2 is 1.74 bits per heavy atom. The largest absolute Gasteiger partial charge is 0.383 e. The van der Waals surface area contributed by atoms with Gasteiger partial charge in [0.25, 0.3) is 0 Å². The second-order valence-electron chi connectivity index (χ2n) is 4.62. The van der Waals surface area contributed by atoms with Gasteiger partial charge < -0.3 is 5.11 Å². The van der Waals surface area contributed by atoms with Crippen molar-refractivity contribution in [3.05, 3.63) is 64.0 Å². The predicted molar refractivity (Wildman–Crippen MR) is 68.9 cm³/mol. The minimum Gasteiger partial charge on any atom is -0.383 e. The summed E-state index contributed by atoms with van der Waals surface area (Å²) in [6.45, 7) is 5.05. The van der Waals surface area contributed by atoms with Crippen molar-refractivity contribution in [3.63, 3.8) is 0 Å². The highest BCUT2D eigenvalue weighted by Crippen LogP contribution is 2.29. The normalized spacial score (nSPS) is 12.5. The van der Waals surface area contributed by atoms with Gasteiger partial charge in [-0.15, -0.1) is 0 Å². The van der Waals surface area contributed by atoms with Gasteiger partial charge >= 0.3 is 0 Å². The van der Waals surface area contributed by atoms with E-state index < -0.39 is 17.7 Å². The second-order valence-corrected chi connectivity index (χ2v) is 4.62. The molecule has 0 radical (unpaired) electrons. The van der Waals surface area contributed by atoms with Gasteiger partial charge in [0.15, 0.2) is 0 Å². The van der Waals surface area contributed by atoms with Crippen LogP contribution in [0.25, 0.3) is 0 Å². The zero-order valence-electron chi connectivity index (χ0n) is 11.0. The monoisotopic (exact) mass is 263 g/mol. The van der Waals surface area contributed by atoms with Gasteiger partial charge in [0, 0.05) is 17.0 Å². The number of aryl methyl sites for hydroxylation is 3. The van der Waals surface area contributed by atoms with Crippen LogP contribution in [0.4, 0.5) is 8.78 Å². The first-order valence-corrected chi connectivity index (χ1v) is 5.98. The molecule has 1 atom stereocenters. The summed E-state index contributed by atoms with van der Waals surface area (Å²) in [4.78, 5) is 4.20. The van der Waals surface area contributed by atoms with Crippen LogP contribution in [0.1, 0.15) is 34.2 Å². The fraction of sp³-hybridized carbons (Fsp3) is 0.267. The summed E-state index contributed by atoms with van der Waals surface area (Å²) in [5.74, 6) is -1.47. The predicted octanol–water partition coefficient (Wildman–Crippen LogP) is 3.37. The first-order chi connectivity index (χ1) is 8.91. The van der Waals surface area contributed by atoms with Crippen molar-refractivity contribution in [1.82, 2.24) is 4.98 Å². The van der Waals surface area contributed by atoms with E-state index in [4.69, 9.17) is 0 Å². The van der Waals surface area contributed by atoms with Crippen molar-refractivity contribution in [3.8, 4) is 0 Å². The Balaban J connectivity index is 2.56. The van der Waals surface area contributed by atoms with Crippen LogP contribution in [0.2, 0.25) is 0 Å². The molecule has 1 N–H and O–H groups in total. The third-order valence-electron chi connectivity index (χ3n) is 3.15. The van der Waals surface area contributed by atoms with Crippen molar-refractivity contribution in [2.75, 3.05) is 0 Å². The molecule has 1 aromatic heterocycles. The van der Waals surface area contributed by atoms with E-state index in [1.165, 1.54) is 13.0 Å². The van der Waals surface area contributed by atoms with Crippen molar-refractivity contribution in [2.24, 2.45) is 0 Å². The molecule has 100 valence electrons. The second kappa shape index (κ2) is 5.05. The van der Waals surface area contributed by atoms with Gasteiger partial charge in [-0.1, -0.05) is 12.1 Å². The molecule has 1 unspecified atom stereocenters. The molecule has 0 aliphatic carbocycles. The summed E-state index contributed by atoms with van der Waals surface area (Å²) in [5, 5.41) is 10.2. The Morgan fingerprint density at radius 1 is 1.05 bits per heavy atom. The lowest BCUT2D eigenvalue weighted by molar-refractivity contribution is 0.207. The van der Waals surface area contributed by atoms with Crippen molar-refractivity contribution < 1.29 is 13.9 Å². The number of nitrogens with zero attached hydrogens (tertiary/aromatic N) is 1. The fourth-order valence-electron chi connectivity index (χ4n) is 2.07.